The maximum absolute atomic E-state index is 12.8. The highest BCUT2D eigenvalue weighted by Gasteiger charge is 2.37. The molecular weight excluding hydrogens is 475 g/mol. The maximum Gasteiger partial charge on any atom is 0.446 e. The molecule has 0 saturated carbocycles. The monoisotopic (exact) mass is 482 g/mol. The third kappa shape index (κ3) is 6.90. The summed E-state index contributed by atoms with van der Waals surface area (Å²) in [5.74, 6) is 0. The van der Waals surface area contributed by atoms with Crippen molar-refractivity contribution in [3.8, 4) is 0 Å². The predicted molar refractivity (Wildman–Crippen MR) is 92.5 cm³/mol. The summed E-state index contributed by atoms with van der Waals surface area (Å²) in [6.07, 6.45) is -10.2. The first-order chi connectivity index (χ1) is 13.5. The Kier molecular flexibility index (Phi) is 6.76. The molecule has 0 atom stereocenters. The highest BCUT2D eigenvalue weighted by atomic mass is 35.5. The van der Waals surface area contributed by atoms with Gasteiger partial charge in [-0.1, -0.05) is 11.6 Å². The number of carbonyl (C=O) groups excluding carboxylic acids is 1. The van der Waals surface area contributed by atoms with Gasteiger partial charge in [0.1, 0.15) is 0 Å². The van der Waals surface area contributed by atoms with Crippen LogP contribution in [0, 0.1) is 0 Å². The Morgan fingerprint density at radius 3 is 1.77 bits per heavy atom. The van der Waals surface area contributed by atoms with E-state index in [2.05, 4.69) is 0 Å². The van der Waals surface area contributed by atoms with E-state index in [0.29, 0.717) is 12.1 Å². The lowest BCUT2D eigenvalue weighted by Gasteiger charge is -2.15. The molecular formula is C16H8ClF9N2OS. The van der Waals surface area contributed by atoms with Crippen molar-refractivity contribution in [2.75, 3.05) is 10.6 Å². The fraction of sp³-hybridized carbons (Fsp3) is 0.188. The molecule has 0 aromatic heterocycles. The number of benzene rings is 2. The summed E-state index contributed by atoms with van der Waals surface area (Å²) >= 11 is 5.28. The van der Waals surface area contributed by atoms with Crippen LogP contribution in [0.1, 0.15) is 11.1 Å². The van der Waals surface area contributed by atoms with Crippen molar-refractivity contribution in [2.24, 2.45) is 0 Å². The molecule has 0 bridgehead atoms. The Bertz CT molecular complexity index is 910. The minimum absolute atomic E-state index is 0.114. The Balaban J connectivity index is 2.22. The number of carbonyl (C=O) groups is 1. The number of alkyl halides is 9. The summed E-state index contributed by atoms with van der Waals surface area (Å²) in [5.41, 5.74) is -8.90. The Morgan fingerprint density at radius 2 is 1.33 bits per heavy atom. The summed E-state index contributed by atoms with van der Waals surface area (Å²) in [6.45, 7) is 0. The van der Waals surface area contributed by atoms with E-state index in [0.717, 1.165) is 18.2 Å². The van der Waals surface area contributed by atoms with Crippen LogP contribution < -0.4 is 10.6 Å². The van der Waals surface area contributed by atoms with E-state index in [1.807, 2.05) is 5.32 Å². The molecule has 0 unspecified atom stereocenters. The van der Waals surface area contributed by atoms with Crippen molar-refractivity contribution in [1.82, 2.24) is 0 Å². The van der Waals surface area contributed by atoms with Gasteiger partial charge in [-0.05, 0) is 48.2 Å². The van der Waals surface area contributed by atoms with Crippen molar-refractivity contribution in [3.63, 3.8) is 0 Å². The number of hydrogen-bond acceptors (Lipinski definition) is 2. The summed E-state index contributed by atoms with van der Waals surface area (Å²) in [4.78, 5) is 11.6. The van der Waals surface area contributed by atoms with Crippen molar-refractivity contribution >= 4 is 40.8 Å². The molecule has 164 valence electrons. The largest absolute Gasteiger partial charge is 0.446 e. The van der Waals surface area contributed by atoms with Gasteiger partial charge in [-0.2, -0.15) is 39.5 Å². The highest BCUT2D eigenvalue weighted by molar-refractivity contribution is 8.00. The van der Waals surface area contributed by atoms with Crippen LogP contribution in [0.25, 0.3) is 0 Å². The molecule has 3 nitrogen and oxygen atoms in total. The molecule has 2 aromatic rings. The SMILES string of the molecule is O=C(Nc1cc(C(F)(F)F)cc(C(F)(F)F)c1)Nc1ccc(SC(F)(F)F)cc1Cl. The molecule has 0 fully saturated rings. The third-order valence-corrected chi connectivity index (χ3v) is 4.30. The zero-order valence-corrected chi connectivity index (χ0v) is 15.6. The predicted octanol–water partition coefficient (Wildman–Crippen LogP) is 7.63. The summed E-state index contributed by atoms with van der Waals surface area (Å²) in [7, 11) is 0. The van der Waals surface area contributed by atoms with E-state index in [9.17, 15) is 44.3 Å². The lowest BCUT2D eigenvalue weighted by atomic mass is 10.1. The Hall–Kier alpha value is -2.28. The minimum Gasteiger partial charge on any atom is -0.308 e. The molecule has 0 aliphatic rings. The second-order valence-electron chi connectivity index (χ2n) is 5.56. The number of rotatable bonds is 3. The van der Waals surface area contributed by atoms with Gasteiger partial charge in [0, 0.05) is 10.6 Å². The van der Waals surface area contributed by atoms with Crippen molar-refractivity contribution in [1.29, 1.82) is 0 Å². The zero-order chi connectivity index (χ0) is 22.9. The summed E-state index contributed by atoms with van der Waals surface area (Å²) in [6, 6.07) is 2.03. The van der Waals surface area contributed by atoms with Gasteiger partial charge in [0.15, 0.2) is 0 Å². The van der Waals surface area contributed by atoms with Gasteiger partial charge >= 0.3 is 23.9 Å². The van der Waals surface area contributed by atoms with Crippen molar-refractivity contribution in [3.05, 3.63) is 52.5 Å². The van der Waals surface area contributed by atoms with Crippen LogP contribution in [0.15, 0.2) is 41.3 Å². The number of thioether (sulfide) groups is 1. The fourth-order valence-electron chi connectivity index (χ4n) is 2.11. The van der Waals surface area contributed by atoms with Crippen LogP contribution in [0.4, 0.5) is 55.7 Å². The third-order valence-electron chi connectivity index (χ3n) is 3.27. The van der Waals surface area contributed by atoms with Crippen LogP contribution >= 0.6 is 23.4 Å². The van der Waals surface area contributed by atoms with Crippen molar-refractivity contribution in [2.45, 2.75) is 22.8 Å². The van der Waals surface area contributed by atoms with Gasteiger partial charge in [0.2, 0.25) is 0 Å². The van der Waals surface area contributed by atoms with Gasteiger partial charge in [-0.25, -0.2) is 4.79 Å². The molecule has 0 heterocycles. The lowest BCUT2D eigenvalue weighted by molar-refractivity contribution is -0.143. The number of hydrogen-bond donors (Lipinski definition) is 2. The van der Waals surface area contributed by atoms with Crippen LogP contribution in [0.2, 0.25) is 5.02 Å². The topological polar surface area (TPSA) is 41.1 Å². The molecule has 0 spiro atoms. The number of amides is 2. The Labute approximate surface area is 171 Å². The van der Waals surface area contributed by atoms with Crippen molar-refractivity contribution < 1.29 is 44.3 Å². The van der Waals surface area contributed by atoms with E-state index in [1.165, 1.54) is 0 Å². The Morgan fingerprint density at radius 1 is 0.800 bits per heavy atom. The first-order valence-corrected chi connectivity index (χ1v) is 8.67. The van der Waals surface area contributed by atoms with Gasteiger partial charge in [-0.3, -0.25) is 0 Å². The fourth-order valence-corrected chi connectivity index (χ4v) is 2.98. The summed E-state index contributed by atoms with van der Waals surface area (Å²) < 4.78 is 114. The number of urea groups is 1. The normalized spacial score (nSPS) is 12.6. The lowest BCUT2D eigenvalue weighted by Crippen LogP contribution is -2.21. The quantitative estimate of drug-likeness (QED) is 0.349. The standard InChI is InChI=1S/C16H8ClF9N2OS/c17-11-6-10(30-16(24,25)26)1-2-12(11)28-13(29)27-9-4-7(14(18,19)20)3-8(5-9)15(21,22)23/h1-6H,(H2,27,28,29). The molecule has 0 aliphatic carbocycles. The second kappa shape index (κ2) is 8.46. The van der Waals surface area contributed by atoms with Gasteiger partial charge in [0.05, 0.1) is 21.8 Å². The molecule has 30 heavy (non-hydrogen) atoms. The molecule has 0 radical (unpaired) electrons. The first kappa shape index (κ1) is 24.0. The van der Waals surface area contributed by atoms with E-state index in [-0.39, 0.29) is 21.7 Å². The molecule has 0 aliphatic heterocycles. The minimum atomic E-state index is -5.11. The van der Waals surface area contributed by atoms with E-state index in [1.54, 1.807) is 5.32 Å². The van der Waals surface area contributed by atoms with Gasteiger partial charge < -0.3 is 10.6 Å². The van der Waals surface area contributed by atoms with E-state index >= 15 is 0 Å². The average molecular weight is 483 g/mol. The van der Waals surface area contributed by atoms with E-state index in [4.69, 9.17) is 11.6 Å². The van der Waals surface area contributed by atoms with Crippen LogP contribution in [0.3, 0.4) is 0 Å². The molecule has 0 saturated heterocycles. The maximum atomic E-state index is 12.8. The number of halogens is 10. The number of nitrogens with one attached hydrogen (secondary N) is 2. The van der Waals surface area contributed by atoms with E-state index < -0.39 is 52.5 Å². The zero-order valence-electron chi connectivity index (χ0n) is 14.1. The first-order valence-electron chi connectivity index (χ1n) is 7.47. The number of anilines is 2. The molecule has 2 rings (SSSR count). The smallest absolute Gasteiger partial charge is 0.308 e. The summed E-state index contributed by atoms with van der Waals surface area (Å²) in [5, 5.41) is 3.50. The molecule has 2 N–H and O–H groups in total. The van der Waals surface area contributed by atoms with Crippen LogP contribution in [-0.4, -0.2) is 11.5 Å². The van der Waals surface area contributed by atoms with Crippen LogP contribution in [0.5, 0.6) is 0 Å². The highest BCUT2D eigenvalue weighted by Crippen LogP contribution is 2.39. The average Bonchev–Trinajstić information content (AvgIpc) is 2.54. The molecule has 2 aromatic carbocycles. The molecule has 14 heteroatoms. The van der Waals surface area contributed by atoms with Gasteiger partial charge in [-0.15, -0.1) is 0 Å². The molecule has 2 amide bonds. The van der Waals surface area contributed by atoms with Gasteiger partial charge in [0.25, 0.3) is 0 Å². The van der Waals surface area contributed by atoms with Crippen LogP contribution in [-0.2, 0) is 12.4 Å². The second-order valence-corrected chi connectivity index (χ2v) is 7.11.